The number of aromatic nitrogens is 1. The number of H-pyrrole nitrogens is 1. The molecule has 104 valence electrons. The van der Waals surface area contributed by atoms with Crippen molar-refractivity contribution in [2.45, 2.75) is 19.4 Å². The Kier molecular flexibility index (Phi) is 4.76. The smallest absolute Gasteiger partial charge is 0.408 e. The second-order valence-electron chi connectivity index (χ2n) is 4.89. The molecule has 0 aliphatic rings. The predicted octanol–water partition coefficient (Wildman–Crippen LogP) is 1.55. The molecule has 1 aromatic carbocycles. The van der Waals surface area contributed by atoms with Crippen LogP contribution in [0, 0.1) is 0 Å². The monoisotopic (exact) mass is 263 g/mol. The van der Waals surface area contributed by atoms with E-state index in [-0.39, 0.29) is 0 Å². The number of nitrogens with one attached hydrogen (secondary N) is 2. The number of rotatable bonds is 7. The summed E-state index contributed by atoms with van der Waals surface area (Å²) in [7, 11) is 4.09. The lowest BCUT2D eigenvalue weighted by molar-refractivity contribution is 0.318. The number of nitrogens with zero attached hydrogens (tertiary/aromatic N) is 1. The van der Waals surface area contributed by atoms with Gasteiger partial charge in [-0.15, -0.1) is 0 Å². The Labute approximate surface area is 112 Å². The minimum atomic E-state index is -0.396. The van der Waals surface area contributed by atoms with Crippen molar-refractivity contribution in [2.75, 3.05) is 27.2 Å². The zero-order valence-electron chi connectivity index (χ0n) is 11.5. The topological polar surface area (TPSA) is 61.3 Å². The molecule has 0 atom stereocenters. The lowest BCUT2D eigenvalue weighted by Gasteiger charge is -2.16. The van der Waals surface area contributed by atoms with Crippen molar-refractivity contribution in [3.05, 3.63) is 34.3 Å². The van der Waals surface area contributed by atoms with Crippen LogP contribution in [0.1, 0.15) is 18.4 Å². The molecule has 0 bridgehead atoms. The number of oxazole rings is 1. The van der Waals surface area contributed by atoms with E-state index < -0.39 is 5.76 Å². The van der Waals surface area contributed by atoms with Crippen molar-refractivity contribution in [1.29, 1.82) is 0 Å². The molecule has 0 aliphatic carbocycles. The summed E-state index contributed by atoms with van der Waals surface area (Å²) in [6, 6.07) is 5.82. The Morgan fingerprint density at radius 2 is 2.21 bits per heavy atom. The third-order valence-corrected chi connectivity index (χ3v) is 3.15. The summed E-state index contributed by atoms with van der Waals surface area (Å²) in [5, 5.41) is 3.15. The first-order chi connectivity index (χ1) is 9.19. The van der Waals surface area contributed by atoms with Crippen LogP contribution in [-0.4, -0.2) is 37.1 Å². The summed E-state index contributed by atoms with van der Waals surface area (Å²) < 4.78 is 4.99. The maximum atomic E-state index is 11.1. The highest BCUT2D eigenvalue weighted by Gasteiger charge is 2.04. The Balaban J connectivity index is 1.91. The largest absolute Gasteiger partial charge is 0.417 e. The normalized spacial score (nSPS) is 11.5. The van der Waals surface area contributed by atoms with E-state index in [0.717, 1.165) is 25.2 Å². The summed E-state index contributed by atoms with van der Waals surface area (Å²) in [4.78, 5) is 16.1. The van der Waals surface area contributed by atoms with Crippen LogP contribution < -0.4 is 11.1 Å². The zero-order valence-corrected chi connectivity index (χ0v) is 11.5. The molecule has 0 aliphatic heterocycles. The molecule has 0 saturated carbocycles. The van der Waals surface area contributed by atoms with Gasteiger partial charge in [-0.05, 0) is 57.7 Å². The van der Waals surface area contributed by atoms with Gasteiger partial charge in [-0.25, -0.2) is 4.79 Å². The van der Waals surface area contributed by atoms with E-state index in [1.165, 1.54) is 18.4 Å². The average molecular weight is 263 g/mol. The van der Waals surface area contributed by atoms with Crippen molar-refractivity contribution in [2.24, 2.45) is 0 Å². The van der Waals surface area contributed by atoms with Gasteiger partial charge in [0, 0.05) is 6.54 Å². The summed E-state index contributed by atoms with van der Waals surface area (Å²) in [6.07, 6.45) is 2.37. The SMILES string of the molecule is CNCCCCN(C)Cc1ccc2oc(=O)[nH]c2c1. The highest BCUT2D eigenvalue weighted by atomic mass is 16.4. The van der Waals surface area contributed by atoms with E-state index in [1.807, 2.05) is 25.2 Å². The van der Waals surface area contributed by atoms with Crippen LogP contribution in [0.15, 0.2) is 27.4 Å². The third-order valence-electron chi connectivity index (χ3n) is 3.15. The Bertz CT molecular complexity index is 573. The summed E-state index contributed by atoms with van der Waals surface area (Å²) in [5.41, 5.74) is 2.57. The molecule has 0 fully saturated rings. The second-order valence-corrected chi connectivity index (χ2v) is 4.89. The van der Waals surface area contributed by atoms with Gasteiger partial charge in [-0.2, -0.15) is 0 Å². The van der Waals surface area contributed by atoms with Crippen molar-refractivity contribution < 1.29 is 4.42 Å². The molecule has 0 amide bonds. The van der Waals surface area contributed by atoms with Gasteiger partial charge in [0.25, 0.3) is 0 Å². The van der Waals surface area contributed by atoms with Crippen LogP contribution in [0.25, 0.3) is 11.1 Å². The molecule has 2 N–H and O–H groups in total. The molecule has 1 heterocycles. The number of aromatic amines is 1. The second kappa shape index (κ2) is 6.54. The molecule has 19 heavy (non-hydrogen) atoms. The predicted molar refractivity (Wildman–Crippen MR) is 76.3 cm³/mol. The highest BCUT2D eigenvalue weighted by molar-refractivity contribution is 5.72. The minimum absolute atomic E-state index is 0.396. The average Bonchev–Trinajstić information content (AvgIpc) is 2.74. The molecule has 2 aromatic rings. The first-order valence-electron chi connectivity index (χ1n) is 6.64. The molecule has 1 aromatic heterocycles. The zero-order chi connectivity index (χ0) is 13.7. The first-order valence-corrected chi connectivity index (χ1v) is 6.64. The van der Waals surface area contributed by atoms with Gasteiger partial charge in [0.2, 0.25) is 0 Å². The number of hydrogen-bond acceptors (Lipinski definition) is 4. The van der Waals surface area contributed by atoms with Gasteiger partial charge < -0.3 is 14.6 Å². The van der Waals surface area contributed by atoms with Crippen molar-refractivity contribution in [3.63, 3.8) is 0 Å². The van der Waals surface area contributed by atoms with Gasteiger partial charge in [-0.1, -0.05) is 6.07 Å². The van der Waals surface area contributed by atoms with E-state index >= 15 is 0 Å². The van der Waals surface area contributed by atoms with E-state index in [1.54, 1.807) is 0 Å². The maximum Gasteiger partial charge on any atom is 0.417 e. The van der Waals surface area contributed by atoms with Gasteiger partial charge in [0.05, 0.1) is 5.52 Å². The van der Waals surface area contributed by atoms with Crippen LogP contribution in [-0.2, 0) is 6.54 Å². The standard InChI is InChI=1S/C14H21N3O2/c1-15-7-3-4-8-17(2)10-11-5-6-13-12(9-11)16-14(18)19-13/h5-6,9,15H,3-4,7-8,10H2,1-2H3,(H,16,18). The fourth-order valence-electron chi connectivity index (χ4n) is 2.17. The summed E-state index contributed by atoms with van der Waals surface area (Å²) in [6.45, 7) is 3.01. The van der Waals surface area contributed by atoms with Gasteiger partial charge in [0.1, 0.15) is 0 Å². The molecule has 0 radical (unpaired) electrons. The van der Waals surface area contributed by atoms with Crippen LogP contribution in [0.3, 0.4) is 0 Å². The van der Waals surface area contributed by atoms with Crippen LogP contribution in [0.4, 0.5) is 0 Å². The van der Waals surface area contributed by atoms with Crippen molar-refractivity contribution in [1.82, 2.24) is 15.2 Å². The third kappa shape index (κ3) is 3.94. The van der Waals surface area contributed by atoms with E-state index in [4.69, 9.17) is 4.42 Å². The van der Waals surface area contributed by atoms with Gasteiger partial charge in [0.15, 0.2) is 5.58 Å². The number of benzene rings is 1. The van der Waals surface area contributed by atoms with Crippen LogP contribution in [0.2, 0.25) is 0 Å². The van der Waals surface area contributed by atoms with Gasteiger partial charge >= 0.3 is 5.76 Å². The lowest BCUT2D eigenvalue weighted by Crippen LogP contribution is -2.20. The molecule has 0 spiro atoms. The Morgan fingerprint density at radius 1 is 1.37 bits per heavy atom. The van der Waals surface area contributed by atoms with Crippen molar-refractivity contribution in [3.8, 4) is 0 Å². The van der Waals surface area contributed by atoms with Crippen molar-refractivity contribution >= 4 is 11.1 Å². The molecule has 0 unspecified atom stereocenters. The molecule has 2 rings (SSSR count). The van der Waals surface area contributed by atoms with E-state index in [0.29, 0.717) is 5.58 Å². The quantitative estimate of drug-likeness (QED) is 0.744. The first kappa shape index (κ1) is 13.8. The van der Waals surface area contributed by atoms with E-state index in [9.17, 15) is 4.79 Å². The van der Waals surface area contributed by atoms with Crippen LogP contribution in [0.5, 0.6) is 0 Å². The molecule has 0 saturated heterocycles. The Morgan fingerprint density at radius 3 is 3.00 bits per heavy atom. The summed E-state index contributed by atoms with van der Waals surface area (Å²) >= 11 is 0. The summed E-state index contributed by atoms with van der Waals surface area (Å²) in [5.74, 6) is -0.396. The van der Waals surface area contributed by atoms with Gasteiger partial charge in [-0.3, -0.25) is 4.98 Å². The number of unbranched alkanes of at least 4 members (excludes halogenated alkanes) is 1. The maximum absolute atomic E-state index is 11.1. The number of fused-ring (bicyclic) bond motifs is 1. The van der Waals surface area contributed by atoms with Crippen LogP contribution >= 0.6 is 0 Å². The molecule has 5 heteroatoms. The lowest BCUT2D eigenvalue weighted by atomic mass is 10.2. The number of hydrogen-bond donors (Lipinski definition) is 2. The minimum Gasteiger partial charge on any atom is -0.408 e. The molecule has 5 nitrogen and oxygen atoms in total. The molecular weight excluding hydrogens is 242 g/mol. The Hall–Kier alpha value is -1.59. The molecular formula is C14H21N3O2. The fraction of sp³-hybridized carbons (Fsp3) is 0.500. The van der Waals surface area contributed by atoms with E-state index in [2.05, 4.69) is 22.2 Å². The fourth-order valence-corrected chi connectivity index (χ4v) is 2.17. The highest BCUT2D eigenvalue weighted by Crippen LogP contribution is 2.13.